The molecule has 112 valence electrons. The molecule has 1 aromatic carbocycles. The predicted molar refractivity (Wildman–Crippen MR) is 83.6 cm³/mol. The molecule has 5 heteroatoms. The van der Waals surface area contributed by atoms with E-state index in [9.17, 15) is 0 Å². The quantitative estimate of drug-likeness (QED) is 0.838. The first kappa shape index (κ1) is 14.3. The van der Waals surface area contributed by atoms with Crippen molar-refractivity contribution in [3.8, 4) is 0 Å². The van der Waals surface area contributed by atoms with E-state index in [1.165, 1.54) is 17.5 Å². The Labute approximate surface area is 125 Å². The van der Waals surface area contributed by atoms with Gasteiger partial charge in [-0.2, -0.15) is 5.10 Å². The molecular formula is C16H23N5. The van der Waals surface area contributed by atoms with Crippen LogP contribution in [0.4, 0.5) is 0 Å². The van der Waals surface area contributed by atoms with E-state index in [0.29, 0.717) is 6.04 Å². The van der Waals surface area contributed by atoms with Gasteiger partial charge in [-0.1, -0.05) is 24.3 Å². The van der Waals surface area contributed by atoms with Gasteiger partial charge in [0.25, 0.3) is 0 Å². The van der Waals surface area contributed by atoms with E-state index < -0.39 is 0 Å². The number of hydrogen-bond acceptors (Lipinski definition) is 4. The minimum Gasteiger partial charge on any atom is -0.301 e. The summed E-state index contributed by atoms with van der Waals surface area (Å²) in [6.45, 7) is 3.92. The van der Waals surface area contributed by atoms with Crippen LogP contribution in [-0.2, 0) is 13.1 Å². The SMILES string of the molecule is CN(Cc1ccccc1Cn1cccn1)CC1CCNN1. The zero-order valence-electron chi connectivity index (χ0n) is 12.5. The molecule has 1 unspecified atom stereocenters. The van der Waals surface area contributed by atoms with Crippen LogP contribution in [0.5, 0.6) is 0 Å². The van der Waals surface area contributed by atoms with Gasteiger partial charge >= 0.3 is 0 Å². The molecule has 5 nitrogen and oxygen atoms in total. The zero-order chi connectivity index (χ0) is 14.5. The summed E-state index contributed by atoms with van der Waals surface area (Å²) >= 11 is 0. The second-order valence-corrected chi connectivity index (χ2v) is 5.73. The van der Waals surface area contributed by atoms with Crippen molar-refractivity contribution in [2.75, 3.05) is 20.1 Å². The van der Waals surface area contributed by atoms with Crippen molar-refractivity contribution in [3.63, 3.8) is 0 Å². The Kier molecular flexibility index (Phi) is 4.65. The van der Waals surface area contributed by atoms with Crippen LogP contribution in [-0.4, -0.2) is 40.9 Å². The number of benzene rings is 1. The van der Waals surface area contributed by atoms with E-state index in [1.807, 2.05) is 23.1 Å². The Morgan fingerprint density at radius 1 is 1.29 bits per heavy atom. The van der Waals surface area contributed by atoms with Crippen LogP contribution in [0.25, 0.3) is 0 Å². The molecule has 0 bridgehead atoms. The Morgan fingerprint density at radius 2 is 2.14 bits per heavy atom. The molecule has 1 fully saturated rings. The van der Waals surface area contributed by atoms with Gasteiger partial charge in [0, 0.05) is 38.1 Å². The van der Waals surface area contributed by atoms with Crippen LogP contribution in [0.15, 0.2) is 42.7 Å². The lowest BCUT2D eigenvalue weighted by Crippen LogP contribution is -2.38. The van der Waals surface area contributed by atoms with Gasteiger partial charge < -0.3 is 4.90 Å². The molecule has 1 aromatic heterocycles. The van der Waals surface area contributed by atoms with E-state index in [1.54, 1.807) is 0 Å². The van der Waals surface area contributed by atoms with Crippen molar-refractivity contribution in [2.24, 2.45) is 0 Å². The molecule has 2 aromatic rings. The van der Waals surface area contributed by atoms with Gasteiger partial charge in [0.05, 0.1) is 6.54 Å². The second-order valence-electron chi connectivity index (χ2n) is 5.73. The summed E-state index contributed by atoms with van der Waals surface area (Å²) in [4.78, 5) is 2.38. The third kappa shape index (κ3) is 3.91. The fourth-order valence-corrected chi connectivity index (χ4v) is 2.84. The number of rotatable bonds is 6. The first-order valence-electron chi connectivity index (χ1n) is 7.52. The van der Waals surface area contributed by atoms with Gasteiger partial charge in [-0.25, -0.2) is 0 Å². The number of aromatic nitrogens is 2. The van der Waals surface area contributed by atoms with Crippen molar-refractivity contribution in [2.45, 2.75) is 25.6 Å². The van der Waals surface area contributed by atoms with Crippen LogP contribution in [0, 0.1) is 0 Å². The fourth-order valence-electron chi connectivity index (χ4n) is 2.84. The molecule has 1 aliphatic heterocycles. The number of nitrogens with one attached hydrogen (secondary N) is 2. The van der Waals surface area contributed by atoms with Crippen LogP contribution in [0.3, 0.4) is 0 Å². The highest BCUT2D eigenvalue weighted by Crippen LogP contribution is 2.13. The minimum absolute atomic E-state index is 0.549. The Balaban J connectivity index is 1.64. The normalized spacial score (nSPS) is 18.5. The summed E-state index contributed by atoms with van der Waals surface area (Å²) < 4.78 is 1.97. The van der Waals surface area contributed by atoms with Gasteiger partial charge in [-0.3, -0.25) is 15.5 Å². The summed E-state index contributed by atoms with van der Waals surface area (Å²) in [5.74, 6) is 0. The molecule has 1 atom stereocenters. The zero-order valence-corrected chi connectivity index (χ0v) is 12.5. The Morgan fingerprint density at radius 3 is 2.86 bits per heavy atom. The molecule has 0 radical (unpaired) electrons. The molecular weight excluding hydrogens is 262 g/mol. The van der Waals surface area contributed by atoms with E-state index in [0.717, 1.165) is 26.2 Å². The second kappa shape index (κ2) is 6.85. The summed E-state index contributed by atoms with van der Waals surface area (Å²) in [7, 11) is 2.19. The van der Waals surface area contributed by atoms with Crippen molar-refractivity contribution >= 4 is 0 Å². The monoisotopic (exact) mass is 285 g/mol. The summed E-state index contributed by atoms with van der Waals surface area (Å²) in [6, 6.07) is 11.1. The summed E-state index contributed by atoms with van der Waals surface area (Å²) in [6.07, 6.45) is 5.03. The standard InChI is InChI=1S/C16H23N5/c1-20(13-16-7-9-17-19-16)11-14-5-2-3-6-15(14)12-21-10-4-8-18-21/h2-6,8,10,16-17,19H,7,9,11-13H2,1H3. The lowest BCUT2D eigenvalue weighted by atomic mass is 10.1. The number of likely N-dealkylation sites (N-methyl/N-ethyl adjacent to an activating group) is 1. The molecule has 0 saturated carbocycles. The molecule has 0 spiro atoms. The maximum atomic E-state index is 4.30. The van der Waals surface area contributed by atoms with Gasteiger partial charge in [0.2, 0.25) is 0 Å². The highest BCUT2D eigenvalue weighted by atomic mass is 15.4. The number of nitrogens with zero attached hydrogens (tertiary/aromatic N) is 3. The Hall–Kier alpha value is -1.69. The van der Waals surface area contributed by atoms with E-state index in [2.05, 4.69) is 52.2 Å². The van der Waals surface area contributed by atoms with Crippen LogP contribution >= 0.6 is 0 Å². The van der Waals surface area contributed by atoms with Crippen LogP contribution in [0.2, 0.25) is 0 Å². The van der Waals surface area contributed by atoms with Gasteiger partial charge in [0.1, 0.15) is 0 Å². The molecule has 2 heterocycles. The molecule has 1 aliphatic rings. The van der Waals surface area contributed by atoms with E-state index in [-0.39, 0.29) is 0 Å². The topological polar surface area (TPSA) is 45.1 Å². The average molecular weight is 285 g/mol. The molecule has 1 saturated heterocycles. The van der Waals surface area contributed by atoms with Crippen LogP contribution in [0.1, 0.15) is 17.5 Å². The van der Waals surface area contributed by atoms with Gasteiger partial charge in [0.15, 0.2) is 0 Å². The van der Waals surface area contributed by atoms with Crippen LogP contribution < -0.4 is 10.9 Å². The van der Waals surface area contributed by atoms with Crippen molar-refractivity contribution < 1.29 is 0 Å². The average Bonchev–Trinajstić information content (AvgIpc) is 3.14. The molecule has 0 amide bonds. The molecule has 3 rings (SSSR count). The minimum atomic E-state index is 0.549. The molecule has 21 heavy (non-hydrogen) atoms. The molecule has 2 N–H and O–H groups in total. The lowest BCUT2D eigenvalue weighted by Gasteiger charge is -2.22. The highest BCUT2D eigenvalue weighted by molar-refractivity contribution is 5.27. The Bertz CT molecular complexity index is 546. The maximum absolute atomic E-state index is 4.30. The number of hydrazine groups is 1. The van der Waals surface area contributed by atoms with E-state index >= 15 is 0 Å². The third-order valence-electron chi connectivity index (χ3n) is 3.91. The largest absolute Gasteiger partial charge is 0.301 e. The van der Waals surface area contributed by atoms with Gasteiger partial charge in [-0.05, 0) is 30.7 Å². The first-order chi connectivity index (χ1) is 10.3. The first-order valence-corrected chi connectivity index (χ1v) is 7.52. The van der Waals surface area contributed by atoms with Gasteiger partial charge in [-0.15, -0.1) is 0 Å². The van der Waals surface area contributed by atoms with E-state index in [4.69, 9.17) is 0 Å². The smallest absolute Gasteiger partial charge is 0.0662 e. The third-order valence-corrected chi connectivity index (χ3v) is 3.91. The fraction of sp³-hybridized carbons (Fsp3) is 0.438. The maximum Gasteiger partial charge on any atom is 0.0662 e. The lowest BCUT2D eigenvalue weighted by molar-refractivity contribution is 0.288. The van der Waals surface area contributed by atoms with Crippen molar-refractivity contribution in [1.29, 1.82) is 0 Å². The highest BCUT2D eigenvalue weighted by Gasteiger charge is 2.16. The number of hydrogen-bond donors (Lipinski definition) is 2. The van der Waals surface area contributed by atoms with Crippen molar-refractivity contribution in [1.82, 2.24) is 25.5 Å². The molecule has 0 aliphatic carbocycles. The predicted octanol–water partition coefficient (Wildman–Crippen LogP) is 1.23. The summed E-state index contributed by atoms with van der Waals surface area (Å²) in [5.41, 5.74) is 9.23. The van der Waals surface area contributed by atoms with Crippen molar-refractivity contribution in [3.05, 3.63) is 53.9 Å². The summed E-state index contributed by atoms with van der Waals surface area (Å²) in [5, 5.41) is 4.30.